The standard InChI is InChI=1S/C11H11NO5/c1-12(10(13)11(14)15)5-7-2-3-8-9(4-7)17-6-16-8/h2-4H,5-6H2,1H3,(H,14,15). The Balaban J connectivity index is 2.09. The van der Waals surface area contributed by atoms with Gasteiger partial charge in [-0.15, -0.1) is 0 Å². The molecule has 0 unspecified atom stereocenters. The van der Waals surface area contributed by atoms with Gasteiger partial charge in [0.1, 0.15) is 0 Å². The number of carbonyl (C=O) groups is 2. The molecular formula is C11H11NO5. The molecule has 0 saturated heterocycles. The maximum absolute atomic E-state index is 11.2. The fourth-order valence-electron chi connectivity index (χ4n) is 1.55. The molecule has 0 bridgehead atoms. The van der Waals surface area contributed by atoms with E-state index in [2.05, 4.69) is 0 Å². The van der Waals surface area contributed by atoms with E-state index in [1.807, 2.05) is 0 Å². The molecule has 0 aromatic heterocycles. The minimum Gasteiger partial charge on any atom is -0.474 e. The molecule has 0 aliphatic carbocycles. The lowest BCUT2D eigenvalue weighted by molar-refractivity contribution is -0.155. The third kappa shape index (κ3) is 2.30. The van der Waals surface area contributed by atoms with Gasteiger partial charge in [0.15, 0.2) is 11.5 Å². The van der Waals surface area contributed by atoms with Crippen LogP contribution in [0.4, 0.5) is 0 Å². The van der Waals surface area contributed by atoms with Crippen molar-refractivity contribution in [2.45, 2.75) is 6.54 Å². The average molecular weight is 237 g/mol. The van der Waals surface area contributed by atoms with E-state index in [9.17, 15) is 9.59 Å². The quantitative estimate of drug-likeness (QED) is 0.756. The monoisotopic (exact) mass is 237 g/mol. The number of carbonyl (C=O) groups excluding carboxylic acids is 1. The number of nitrogens with zero attached hydrogens (tertiary/aromatic N) is 1. The van der Waals surface area contributed by atoms with Crippen molar-refractivity contribution < 1.29 is 24.2 Å². The lowest BCUT2D eigenvalue weighted by Gasteiger charge is -2.14. The van der Waals surface area contributed by atoms with Crippen LogP contribution >= 0.6 is 0 Å². The van der Waals surface area contributed by atoms with Crippen LogP contribution in [-0.2, 0) is 16.1 Å². The zero-order chi connectivity index (χ0) is 12.4. The summed E-state index contributed by atoms with van der Waals surface area (Å²) in [5.74, 6) is -1.14. The Labute approximate surface area is 97.4 Å². The number of fused-ring (bicyclic) bond motifs is 1. The molecule has 17 heavy (non-hydrogen) atoms. The minimum atomic E-state index is -1.46. The van der Waals surface area contributed by atoms with Crippen molar-refractivity contribution in [3.63, 3.8) is 0 Å². The van der Waals surface area contributed by atoms with E-state index < -0.39 is 11.9 Å². The van der Waals surface area contributed by atoms with E-state index in [0.29, 0.717) is 11.5 Å². The van der Waals surface area contributed by atoms with Gasteiger partial charge in [-0.3, -0.25) is 4.79 Å². The second-order valence-corrected chi connectivity index (χ2v) is 3.65. The average Bonchev–Trinajstić information content (AvgIpc) is 2.74. The van der Waals surface area contributed by atoms with Crippen LogP contribution in [-0.4, -0.2) is 35.7 Å². The molecule has 0 fully saturated rings. The molecule has 0 saturated carbocycles. The van der Waals surface area contributed by atoms with E-state index in [0.717, 1.165) is 10.5 Å². The summed E-state index contributed by atoms with van der Waals surface area (Å²) in [6, 6.07) is 5.23. The SMILES string of the molecule is CN(Cc1ccc2c(c1)OCO2)C(=O)C(=O)O. The normalized spacial score (nSPS) is 12.3. The van der Waals surface area contributed by atoms with Crippen LogP contribution in [0.25, 0.3) is 0 Å². The fraction of sp³-hybridized carbons (Fsp3) is 0.273. The molecule has 1 amide bonds. The molecule has 1 heterocycles. The highest BCUT2D eigenvalue weighted by molar-refractivity contribution is 6.31. The van der Waals surface area contributed by atoms with Gasteiger partial charge >= 0.3 is 11.9 Å². The number of benzene rings is 1. The number of rotatable bonds is 2. The fourth-order valence-corrected chi connectivity index (χ4v) is 1.55. The molecule has 1 aliphatic heterocycles. The number of amides is 1. The van der Waals surface area contributed by atoms with E-state index in [4.69, 9.17) is 14.6 Å². The molecule has 1 N–H and O–H groups in total. The van der Waals surface area contributed by atoms with Gasteiger partial charge in [0.2, 0.25) is 6.79 Å². The number of hydrogen-bond donors (Lipinski definition) is 1. The number of ether oxygens (including phenoxy) is 2. The molecule has 1 aromatic carbocycles. The van der Waals surface area contributed by atoms with Crippen LogP contribution in [0.2, 0.25) is 0 Å². The molecule has 6 nitrogen and oxygen atoms in total. The van der Waals surface area contributed by atoms with E-state index in [1.165, 1.54) is 7.05 Å². The molecule has 0 radical (unpaired) electrons. The first-order valence-corrected chi connectivity index (χ1v) is 4.95. The summed E-state index contributed by atoms with van der Waals surface area (Å²) in [6.45, 7) is 0.393. The molecule has 2 rings (SSSR count). The van der Waals surface area contributed by atoms with Gasteiger partial charge in [0.25, 0.3) is 0 Å². The number of likely N-dealkylation sites (N-methyl/N-ethyl adjacent to an activating group) is 1. The first-order chi connectivity index (χ1) is 8.08. The van der Waals surface area contributed by atoms with Gasteiger partial charge in [0.05, 0.1) is 0 Å². The topological polar surface area (TPSA) is 76.1 Å². The summed E-state index contributed by atoms with van der Waals surface area (Å²) in [5, 5.41) is 8.55. The Hall–Kier alpha value is -2.24. The van der Waals surface area contributed by atoms with Crippen molar-refractivity contribution in [3.05, 3.63) is 23.8 Å². The Morgan fingerprint density at radius 3 is 2.76 bits per heavy atom. The number of carboxylic acids is 1. The van der Waals surface area contributed by atoms with Crippen molar-refractivity contribution >= 4 is 11.9 Å². The van der Waals surface area contributed by atoms with Crippen molar-refractivity contribution in [1.82, 2.24) is 4.90 Å². The first-order valence-electron chi connectivity index (χ1n) is 4.95. The van der Waals surface area contributed by atoms with E-state index in [-0.39, 0.29) is 13.3 Å². The molecule has 0 atom stereocenters. The van der Waals surface area contributed by atoms with E-state index in [1.54, 1.807) is 18.2 Å². The molecule has 6 heteroatoms. The summed E-state index contributed by atoms with van der Waals surface area (Å²) in [6.07, 6.45) is 0. The number of carboxylic acid groups (broad SMARTS) is 1. The van der Waals surface area contributed by atoms with Crippen LogP contribution in [0.1, 0.15) is 5.56 Å². The Morgan fingerprint density at radius 1 is 1.35 bits per heavy atom. The third-order valence-corrected chi connectivity index (χ3v) is 2.39. The first kappa shape index (κ1) is 11.3. The molecule has 0 spiro atoms. The van der Waals surface area contributed by atoms with Gasteiger partial charge in [-0.2, -0.15) is 0 Å². The Kier molecular flexibility index (Phi) is 2.86. The molecule has 1 aromatic rings. The number of aliphatic carboxylic acids is 1. The second kappa shape index (κ2) is 4.32. The highest BCUT2D eigenvalue weighted by Gasteiger charge is 2.19. The van der Waals surface area contributed by atoms with Crippen LogP contribution in [0, 0.1) is 0 Å². The smallest absolute Gasteiger partial charge is 0.394 e. The summed E-state index contributed by atoms with van der Waals surface area (Å²) < 4.78 is 10.3. The van der Waals surface area contributed by atoms with Gasteiger partial charge in [-0.1, -0.05) is 6.07 Å². The van der Waals surface area contributed by atoms with Gasteiger partial charge in [0, 0.05) is 13.6 Å². The van der Waals surface area contributed by atoms with E-state index >= 15 is 0 Å². The van der Waals surface area contributed by atoms with Crippen molar-refractivity contribution in [3.8, 4) is 11.5 Å². The van der Waals surface area contributed by atoms with Crippen LogP contribution in [0.3, 0.4) is 0 Å². The highest BCUT2D eigenvalue weighted by atomic mass is 16.7. The van der Waals surface area contributed by atoms with Crippen molar-refractivity contribution in [2.75, 3.05) is 13.8 Å². The lowest BCUT2D eigenvalue weighted by atomic mass is 10.2. The highest BCUT2D eigenvalue weighted by Crippen LogP contribution is 2.32. The summed E-state index contributed by atoms with van der Waals surface area (Å²) in [4.78, 5) is 22.8. The zero-order valence-electron chi connectivity index (χ0n) is 9.17. The largest absolute Gasteiger partial charge is 0.474 e. The molecule has 1 aliphatic rings. The molecule has 90 valence electrons. The minimum absolute atomic E-state index is 0.183. The lowest BCUT2D eigenvalue weighted by Crippen LogP contribution is -2.32. The van der Waals surface area contributed by atoms with Crippen molar-refractivity contribution in [2.24, 2.45) is 0 Å². The summed E-state index contributed by atoms with van der Waals surface area (Å²) >= 11 is 0. The van der Waals surface area contributed by atoms with Gasteiger partial charge < -0.3 is 19.5 Å². The predicted molar refractivity (Wildman–Crippen MR) is 56.7 cm³/mol. The van der Waals surface area contributed by atoms with Crippen LogP contribution < -0.4 is 9.47 Å². The van der Waals surface area contributed by atoms with Crippen molar-refractivity contribution in [1.29, 1.82) is 0 Å². The predicted octanol–water partition coefficient (Wildman–Crippen LogP) is 0.458. The Morgan fingerprint density at radius 2 is 2.06 bits per heavy atom. The zero-order valence-corrected chi connectivity index (χ0v) is 9.17. The van der Waals surface area contributed by atoms with Gasteiger partial charge in [-0.25, -0.2) is 4.79 Å². The van der Waals surface area contributed by atoms with Crippen LogP contribution in [0.5, 0.6) is 11.5 Å². The maximum Gasteiger partial charge on any atom is 0.394 e. The third-order valence-electron chi connectivity index (χ3n) is 2.39. The van der Waals surface area contributed by atoms with Crippen LogP contribution in [0.15, 0.2) is 18.2 Å². The summed E-state index contributed by atoms with van der Waals surface area (Å²) in [7, 11) is 1.43. The Bertz CT molecular complexity index is 471. The maximum atomic E-state index is 11.2. The van der Waals surface area contributed by atoms with Gasteiger partial charge in [-0.05, 0) is 17.7 Å². The second-order valence-electron chi connectivity index (χ2n) is 3.65. The number of hydrogen-bond acceptors (Lipinski definition) is 4. The molecular weight excluding hydrogens is 226 g/mol. The summed E-state index contributed by atoms with van der Waals surface area (Å²) in [5.41, 5.74) is 0.784.